The highest BCUT2D eigenvalue weighted by Gasteiger charge is 2.44. The molecular weight excluding hydrogens is 346 g/mol. The number of nitrogen functional groups attached to an aromatic ring is 1. The quantitative estimate of drug-likeness (QED) is 0.634. The van der Waals surface area contributed by atoms with E-state index in [1.54, 1.807) is 7.11 Å². The molecule has 1 aliphatic rings. The first-order valence-corrected chi connectivity index (χ1v) is 7.47. The Labute approximate surface area is 119 Å². The molecule has 4 heteroatoms. The van der Waals surface area contributed by atoms with Crippen LogP contribution < -0.4 is 5.73 Å². The fourth-order valence-corrected chi connectivity index (χ4v) is 4.24. The van der Waals surface area contributed by atoms with Gasteiger partial charge in [-0.1, -0.05) is 31.9 Å². The van der Waals surface area contributed by atoms with Crippen molar-refractivity contribution < 1.29 is 4.74 Å². The van der Waals surface area contributed by atoms with Crippen molar-refractivity contribution in [3.63, 3.8) is 0 Å². The number of aryl methyl sites for hydroxylation is 1. The topological polar surface area (TPSA) is 35.2 Å². The van der Waals surface area contributed by atoms with Gasteiger partial charge in [0, 0.05) is 27.7 Å². The molecular formula is C13H17Br2NO. The van der Waals surface area contributed by atoms with Crippen LogP contribution in [0.4, 0.5) is 5.69 Å². The van der Waals surface area contributed by atoms with Crippen LogP contribution in [0.1, 0.15) is 30.4 Å². The maximum absolute atomic E-state index is 6.23. The van der Waals surface area contributed by atoms with Crippen LogP contribution >= 0.6 is 31.9 Å². The summed E-state index contributed by atoms with van der Waals surface area (Å²) in [4.78, 5) is 0.330. The summed E-state index contributed by atoms with van der Waals surface area (Å²) in [6.45, 7) is 2.03. The minimum atomic E-state index is -0.279. The predicted octanol–water partition coefficient (Wildman–Crippen LogP) is 4.13. The molecule has 94 valence electrons. The minimum Gasteiger partial charge on any atom is -0.398 e. The van der Waals surface area contributed by atoms with Crippen molar-refractivity contribution in [1.82, 2.24) is 0 Å². The Morgan fingerprint density at radius 2 is 2.18 bits per heavy atom. The largest absolute Gasteiger partial charge is 0.398 e. The van der Waals surface area contributed by atoms with Crippen LogP contribution in [0.3, 0.4) is 0 Å². The molecule has 0 amide bonds. The Morgan fingerprint density at radius 1 is 1.47 bits per heavy atom. The lowest BCUT2D eigenvalue weighted by Crippen LogP contribution is -2.34. The first kappa shape index (κ1) is 13.4. The van der Waals surface area contributed by atoms with Crippen molar-refractivity contribution >= 4 is 37.5 Å². The molecule has 0 bridgehead atoms. The molecule has 1 aromatic rings. The van der Waals surface area contributed by atoms with Gasteiger partial charge in [0.2, 0.25) is 0 Å². The fraction of sp³-hybridized carbons (Fsp3) is 0.538. The second-order valence-electron chi connectivity index (χ2n) is 4.64. The van der Waals surface area contributed by atoms with Gasteiger partial charge in [-0.15, -0.1) is 0 Å². The van der Waals surface area contributed by atoms with E-state index in [0.717, 1.165) is 40.5 Å². The van der Waals surface area contributed by atoms with Crippen molar-refractivity contribution in [3.05, 3.63) is 27.7 Å². The molecule has 1 aromatic carbocycles. The summed E-state index contributed by atoms with van der Waals surface area (Å²) in [7, 11) is 1.77. The monoisotopic (exact) mass is 361 g/mol. The van der Waals surface area contributed by atoms with Crippen LogP contribution in [0.5, 0.6) is 0 Å². The third kappa shape index (κ3) is 2.15. The summed E-state index contributed by atoms with van der Waals surface area (Å²) in [6.07, 6.45) is 3.30. The van der Waals surface area contributed by atoms with Crippen molar-refractivity contribution in [2.24, 2.45) is 0 Å². The van der Waals surface area contributed by atoms with Gasteiger partial charge in [0.15, 0.2) is 0 Å². The van der Waals surface area contributed by atoms with Gasteiger partial charge in [0.05, 0.1) is 0 Å². The lowest BCUT2D eigenvalue weighted by Gasteiger charge is -2.33. The Kier molecular flexibility index (Phi) is 3.86. The molecule has 2 unspecified atom stereocenters. The Morgan fingerprint density at radius 3 is 2.71 bits per heavy atom. The summed E-state index contributed by atoms with van der Waals surface area (Å²) in [5, 5.41) is 0. The third-order valence-electron chi connectivity index (χ3n) is 3.68. The summed E-state index contributed by atoms with van der Waals surface area (Å²) in [5.74, 6) is 0. The standard InChI is InChI=1S/C13H17Br2NO/c1-8-6-9(14)7-10(12(8)16)13(17-2)5-3-4-11(13)15/h6-7,11H,3-5,16H2,1-2H3. The van der Waals surface area contributed by atoms with Gasteiger partial charge in [0.1, 0.15) is 5.60 Å². The van der Waals surface area contributed by atoms with Crippen LogP contribution in [-0.2, 0) is 10.3 Å². The smallest absolute Gasteiger partial charge is 0.107 e. The Hall–Kier alpha value is -0.0600. The number of benzene rings is 1. The second kappa shape index (κ2) is 4.90. The van der Waals surface area contributed by atoms with E-state index in [-0.39, 0.29) is 5.60 Å². The van der Waals surface area contributed by atoms with Crippen LogP contribution in [0.25, 0.3) is 0 Å². The van der Waals surface area contributed by atoms with Gasteiger partial charge in [-0.3, -0.25) is 0 Å². The molecule has 2 atom stereocenters. The Balaban J connectivity index is 2.58. The lowest BCUT2D eigenvalue weighted by molar-refractivity contribution is -0.00212. The molecule has 17 heavy (non-hydrogen) atoms. The number of nitrogens with two attached hydrogens (primary N) is 1. The number of anilines is 1. The summed E-state index contributed by atoms with van der Waals surface area (Å²) < 4.78 is 6.90. The number of rotatable bonds is 2. The molecule has 1 saturated carbocycles. The molecule has 0 saturated heterocycles. The molecule has 0 aliphatic heterocycles. The van der Waals surface area contributed by atoms with Crippen molar-refractivity contribution in [1.29, 1.82) is 0 Å². The number of halogens is 2. The van der Waals surface area contributed by atoms with E-state index < -0.39 is 0 Å². The molecule has 0 radical (unpaired) electrons. The SMILES string of the molecule is COC1(c2cc(Br)cc(C)c2N)CCCC1Br. The zero-order valence-electron chi connectivity index (χ0n) is 10.1. The molecule has 0 heterocycles. The zero-order chi connectivity index (χ0) is 12.6. The van der Waals surface area contributed by atoms with Crippen molar-refractivity contribution in [2.45, 2.75) is 36.6 Å². The minimum absolute atomic E-state index is 0.279. The summed E-state index contributed by atoms with van der Waals surface area (Å²) in [6, 6.07) is 4.13. The summed E-state index contributed by atoms with van der Waals surface area (Å²) >= 11 is 7.29. The molecule has 2 N–H and O–H groups in total. The molecule has 2 nitrogen and oxygen atoms in total. The lowest BCUT2D eigenvalue weighted by atomic mass is 9.89. The van der Waals surface area contributed by atoms with E-state index in [2.05, 4.69) is 37.9 Å². The first-order valence-electron chi connectivity index (χ1n) is 5.76. The van der Waals surface area contributed by atoms with Crippen molar-refractivity contribution in [3.8, 4) is 0 Å². The molecule has 1 fully saturated rings. The highest BCUT2D eigenvalue weighted by atomic mass is 79.9. The second-order valence-corrected chi connectivity index (χ2v) is 6.66. The molecule has 2 rings (SSSR count). The number of hydrogen-bond donors (Lipinski definition) is 1. The van der Waals surface area contributed by atoms with Gasteiger partial charge in [0.25, 0.3) is 0 Å². The van der Waals surface area contributed by atoms with Crippen LogP contribution in [-0.4, -0.2) is 11.9 Å². The average Bonchev–Trinajstić information content (AvgIpc) is 2.66. The molecule has 0 spiro atoms. The fourth-order valence-electron chi connectivity index (χ4n) is 2.68. The highest BCUT2D eigenvalue weighted by molar-refractivity contribution is 9.10. The van der Waals surface area contributed by atoms with E-state index in [1.165, 1.54) is 0 Å². The summed E-state index contributed by atoms with van der Waals surface area (Å²) in [5.41, 5.74) is 9.00. The number of ether oxygens (including phenoxy) is 1. The van der Waals surface area contributed by atoms with Gasteiger partial charge in [-0.05, 0) is 43.9 Å². The third-order valence-corrected chi connectivity index (χ3v) is 5.34. The van der Waals surface area contributed by atoms with E-state index in [0.29, 0.717) is 4.83 Å². The maximum atomic E-state index is 6.23. The van der Waals surface area contributed by atoms with Crippen LogP contribution in [0.2, 0.25) is 0 Å². The van der Waals surface area contributed by atoms with E-state index in [9.17, 15) is 0 Å². The van der Waals surface area contributed by atoms with Crippen LogP contribution in [0, 0.1) is 6.92 Å². The Bertz CT molecular complexity index is 436. The van der Waals surface area contributed by atoms with E-state index in [4.69, 9.17) is 10.5 Å². The van der Waals surface area contributed by atoms with Gasteiger partial charge < -0.3 is 10.5 Å². The molecule has 0 aromatic heterocycles. The zero-order valence-corrected chi connectivity index (χ0v) is 13.3. The average molecular weight is 363 g/mol. The van der Waals surface area contributed by atoms with Crippen molar-refractivity contribution in [2.75, 3.05) is 12.8 Å². The van der Waals surface area contributed by atoms with Crippen LogP contribution in [0.15, 0.2) is 16.6 Å². The maximum Gasteiger partial charge on any atom is 0.107 e. The number of hydrogen-bond acceptors (Lipinski definition) is 2. The van der Waals surface area contributed by atoms with E-state index >= 15 is 0 Å². The predicted molar refractivity (Wildman–Crippen MR) is 78.5 cm³/mol. The highest BCUT2D eigenvalue weighted by Crippen LogP contribution is 2.48. The number of methoxy groups -OCH3 is 1. The van der Waals surface area contributed by atoms with Gasteiger partial charge in [-0.25, -0.2) is 0 Å². The first-order chi connectivity index (χ1) is 8.01. The number of alkyl halides is 1. The van der Waals surface area contributed by atoms with Gasteiger partial charge in [-0.2, -0.15) is 0 Å². The van der Waals surface area contributed by atoms with Gasteiger partial charge >= 0.3 is 0 Å². The normalized spacial score (nSPS) is 28.6. The molecule has 1 aliphatic carbocycles. The van der Waals surface area contributed by atoms with E-state index in [1.807, 2.05) is 13.0 Å².